The van der Waals surface area contributed by atoms with Gasteiger partial charge in [-0.05, 0) is 37.6 Å². The van der Waals surface area contributed by atoms with Crippen molar-refractivity contribution in [3.63, 3.8) is 0 Å². The van der Waals surface area contributed by atoms with Gasteiger partial charge in [0.25, 0.3) is 10.0 Å². The van der Waals surface area contributed by atoms with Gasteiger partial charge in [-0.2, -0.15) is 0 Å². The van der Waals surface area contributed by atoms with Crippen molar-refractivity contribution in [2.75, 3.05) is 7.05 Å². The van der Waals surface area contributed by atoms with Gasteiger partial charge in [0, 0.05) is 10.9 Å². The van der Waals surface area contributed by atoms with Crippen LogP contribution in [-0.4, -0.2) is 15.5 Å². The number of sulfonamides is 1. The lowest BCUT2D eigenvalue weighted by Gasteiger charge is -2.10. The van der Waals surface area contributed by atoms with Gasteiger partial charge in [-0.15, -0.1) is 11.3 Å². The predicted molar refractivity (Wildman–Crippen MR) is 74.5 cm³/mol. The molecule has 0 saturated carbocycles. The summed E-state index contributed by atoms with van der Waals surface area (Å²) in [5.41, 5.74) is 0. The fourth-order valence-corrected chi connectivity index (χ4v) is 3.01. The molecule has 0 radical (unpaired) electrons. The highest BCUT2D eigenvalue weighted by Crippen LogP contribution is 2.19. The summed E-state index contributed by atoms with van der Waals surface area (Å²) >= 11 is 1.68. The van der Waals surface area contributed by atoms with Gasteiger partial charge in [-0.1, -0.05) is 6.07 Å². The van der Waals surface area contributed by atoms with Crippen LogP contribution in [0.4, 0.5) is 0 Å². The molecule has 0 bridgehead atoms. The Balaban J connectivity index is 1.98. The molecule has 0 saturated heterocycles. The zero-order valence-electron chi connectivity index (χ0n) is 10.7. The van der Waals surface area contributed by atoms with Crippen LogP contribution in [0.5, 0.6) is 0 Å². The van der Waals surface area contributed by atoms with E-state index in [1.54, 1.807) is 17.4 Å². The number of furan rings is 1. The Morgan fingerprint density at radius 2 is 2.16 bits per heavy atom. The molecule has 2 aromatic heterocycles. The van der Waals surface area contributed by atoms with Gasteiger partial charge < -0.3 is 9.73 Å². The monoisotopic (exact) mass is 300 g/mol. The summed E-state index contributed by atoms with van der Waals surface area (Å²) in [5.74, 6) is 0.595. The molecule has 0 fully saturated rings. The van der Waals surface area contributed by atoms with Crippen molar-refractivity contribution < 1.29 is 12.8 Å². The van der Waals surface area contributed by atoms with Crippen molar-refractivity contribution in [2.45, 2.75) is 24.6 Å². The van der Waals surface area contributed by atoms with Gasteiger partial charge in [-0.3, -0.25) is 0 Å². The summed E-state index contributed by atoms with van der Waals surface area (Å²) in [7, 11) is -2.15. The summed E-state index contributed by atoms with van der Waals surface area (Å²) < 4.78 is 30.5. The molecule has 2 aromatic rings. The molecule has 2 rings (SSSR count). The Kier molecular flexibility index (Phi) is 4.41. The van der Waals surface area contributed by atoms with E-state index < -0.39 is 10.0 Å². The van der Waals surface area contributed by atoms with Crippen molar-refractivity contribution in [1.82, 2.24) is 10.0 Å². The third-order valence-corrected chi connectivity index (χ3v) is 5.06. The van der Waals surface area contributed by atoms with E-state index in [1.807, 2.05) is 11.4 Å². The second kappa shape index (κ2) is 5.87. The number of thiophene rings is 1. The quantitative estimate of drug-likeness (QED) is 0.857. The van der Waals surface area contributed by atoms with Gasteiger partial charge in [0.2, 0.25) is 5.09 Å². The summed E-state index contributed by atoms with van der Waals surface area (Å²) in [5, 5.41) is 5.25. The molecule has 2 N–H and O–H groups in total. The van der Waals surface area contributed by atoms with Crippen LogP contribution in [0, 0.1) is 0 Å². The Morgan fingerprint density at radius 1 is 1.37 bits per heavy atom. The minimum atomic E-state index is -3.50. The van der Waals surface area contributed by atoms with Gasteiger partial charge >= 0.3 is 0 Å². The van der Waals surface area contributed by atoms with Gasteiger partial charge in [0.05, 0.1) is 6.54 Å². The molecule has 1 atom stereocenters. The first-order valence-electron chi connectivity index (χ1n) is 5.82. The van der Waals surface area contributed by atoms with Crippen molar-refractivity contribution >= 4 is 21.4 Å². The molecule has 0 amide bonds. The van der Waals surface area contributed by atoms with E-state index in [-0.39, 0.29) is 11.1 Å². The summed E-state index contributed by atoms with van der Waals surface area (Å²) in [6, 6.07) is 7.38. The highest BCUT2D eigenvalue weighted by molar-refractivity contribution is 7.89. The van der Waals surface area contributed by atoms with Gasteiger partial charge in [-0.25, -0.2) is 13.1 Å². The normalized spacial score (nSPS) is 13.6. The summed E-state index contributed by atoms with van der Waals surface area (Å²) in [6.45, 7) is 2.54. The Hall–Kier alpha value is -1.15. The molecule has 7 heteroatoms. The first-order chi connectivity index (χ1) is 9.03. The van der Waals surface area contributed by atoms with Crippen LogP contribution in [0.1, 0.15) is 23.6 Å². The van der Waals surface area contributed by atoms with E-state index >= 15 is 0 Å². The maximum atomic E-state index is 11.5. The predicted octanol–water partition coefficient (Wildman–Crippen LogP) is 2.10. The molecule has 0 unspecified atom stereocenters. The molecule has 19 heavy (non-hydrogen) atoms. The van der Waals surface area contributed by atoms with Crippen LogP contribution < -0.4 is 10.0 Å². The molecule has 104 valence electrons. The largest absolute Gasteiger partial charge is 0.447 e. The topological polar surface area (TPSA) is 71.3 Å². The van der Waals surface area contributed by atoms with E-state index in [9.17, 15) is 8.42 Å². The van der Waals surface area contributed by atoms with Crippen LogP contribution in [0.3, 0.4) is 0 Å². The number of nitrogens with one attached hydrogen (secondary N) is 2. The Bertz CT molecular complexity index is 617. The maximum absolute atomic E-state index is 11.5. The Morgan fingerprint density at radius 3 is 2.79 bits per heavy atom. The highest BCUT2D eigenvalue weighted by atomic mass is 32.2. The number of rotatable bonds is 6. The second-order valence-electron chi connectivity index (χ2n) is 4.05. The summed E-state index contributed by atoms with van der Waals surface area (Å²) in [6.07, 6.45) is 0. The van der Waals surface area contributed by atoms with E-state index in [0.29, 0.717) is 12.3 Å². The van der Waals surface area contributed by atoms with Crippen LogP contribution in [0.25, 0.3) is 0 Å². The van der Waals surface area contributed by atoms with Crippen LogP contribution in [0.15, 0.2) is 39.2 Å². The van der Waals surface area contributed by atoms with Crippen LogP contribution in [-0.2, 0) is 16.6 Å². The van der Waals surface area contributed by atoms with Crippen molar-refractivity contribution in [3.05, 3.63) is 40.3 Å². The average Bonchev–Trinajstić information content (AvgIpc) is 3.07. The van der Waals surface area contributed by atoms with Crippen molar-refractivity contribution in [3.8, 4) is 0 Å². The highest BCUT2D eigenvalue weighted by Gasteiger charge is 2.16. The Labute approximate surface area is 116 Å². The lowest BCUT2D eigenvalue weighted by Crippen LogP contribution is -2.18. The van der Waals surface area contributed by atoms with Gasteiger partial charge in [0.1, 0.15) is 5.76 Å². The zero-order chi connectivity index (χ0) is 13.9. The van der Waals surface area contributed by atoms with E-state index in [4.69, 9.17) is 4.42 Å². The van der Waals surface area contributed by atoms with Crippen LogP contribution >= 0.6 is 11.3 Å². The molecular formula is C12H16N2O3S2. The standard InChI is InChI=1S/C12H16N2O3S2/c1-9(11-4-3-7-18-11)14-8-10-5-6-12(17-10)19(15,16)13-2/h3-7,9,13-14H,8H2,1-2H3/t9-/m0/s1. The van der Waals surface area contributed by atoms with Gasteiger partial charge in [0.15, 0.2) is 0 Å². The molecule has 5 nitrogen and oxygen atoms in total. The van der Waals surface area contributed by atoms with E-state index in [2.05, 4.69) is 23.0 Å². The third-order valence-electron chi connectivity index (χ3n) is 2.72. The average molecular weight is 300 g/mol. The molecule has 0 aliphatic heterocycles. The molecular weight excluding hydrogens is 284 g/mol. The fraction of sp³-hybridized carbons (Fsp3) is 0.333. The van der Waals surface area contributed by atoms with Crippen LogP contribution in [0.2, 0.25) is 0 Å². The van der Waals surface area contributed by atoms with E-state index in [1.165, 1.54) is 18.0 Å². The lowest BCUT2D eigenvalue weighted by molar-refractivity contribution is 0.393. The second-order valence-corrected chi connectivity index (χ2v) is 6.84. The minimum Gasteiger partial charge on any atom is -0.447 e. The molecule has 0 aliphatic carbocycles. The molecule has 0 spiro atoms. The number of hydrogen-bond donors (Lipinski definition) is 2. The number of hydrogen-bond acceptors (Lipinski definition) is 5. The molecule has 2 heterocycles. The zero-order valence-corrected chi connectivity index (χ0v) is 12.3. The minimum absolute atomic E-state index is 0.0597. The first-order valence-corrected chi connectivity index (χ1v) is 8.18. The smallest absolute Gasteiger partial charge is 0.273 e. The fourth-order valence-electron chi connectivity index (χ4n) is 1.59. The molecule has 0 aromatic carbocycles. The third kappa shape index (κ3) is 3.44. The van der Waals surface area contributed by atoms with Crippen molar-refractivity contribution in [2.24, 2.45) is 0 Å². The summed E-state index contributed by atoms with van der Waals surface area (Å²) in [4.78, 5) is 1.23. The van der Waals surface area contributed by atoms with Crippen molar-refractivity contribution in [1.29, 1.82) is 0 Å². The van der Waals surface area contributed by atoms with E-state index in [0.717, 1.165) is 0 Å². The molecule has 0 aliphatic rings. The SMILES string of the molecule is CNS(=O)(=O)c1ccc(CN[C@@H](C)c2cccs2)o1. The maximum Gasteiger partial charge on any atom is 0.273 e. The first kappa shape index (κ1) is 14.3. The lowest BCUT2D eigenvalue weighted by atomic mass is 10.2.